The molecule has 0 bridgehead atoms. The summed E-state index contributed by atoms with van der Waals surface area (Å²) in [5.74, 6) is 0.707. The molecule has 27 heavy (non-hydrogen) atoms. The summed E-state index contributed by atoms with van der Waals surface area (Å²) in [6, 6.07) is 8.45. The maximum atomic E-state index is 12.2. The van der Waals surface area contributed by atoms with Crippen LogP contribution in [0.2, 0.25) is 0 Å². The van der Waals surface area contributed by atoms with Crippen molar-refractivity contribution in [2.75, 3.05) is 17.7 Å². The Hall–Kier alpha value is -2.49. The predicted molar refractivity (Wildman–Crippen MR) is 112 cm³/mol. The molecule has 0 fully saturated rings. The van der Waals surface area contributed by atoms with Crippen LogP contribution < -0.4 is 15.4 Å². The molecule has 0 saturated heterocycles. The van der Waals surface area contributed by atoms with Gasteiger partial charge in [-0.05, 0) is 73.7 Å². The maximum absolute atomic E-state index is 12.2. The fourth-order valence-corrected chi connectivity index (χ4v) is 2.46. The highest BCUT2D eigenvalue weighted by molar-refractivity contribution is 14.1. The van der Waals surface area contributed by atoms with E-state index in [1.54, 1.807) is 57.2 Å². The molecule has 0 spiro atoms. The quantitative estimate of drug-likeness (QED) is 0.466. The molecule has 2 aromatic rings. The number of nitrogens with one attached hydrogen (secondary N) is 2. The Balaban J connectivity index is 2.14. The largest absolute Gasteiger partial charge is 0.497 e. The number of amides is 2. The topological polar surface area (TPSA) is 89.8 Å². The lowest BCUT2D eigenvalue weighted by Crippen LogP contribution is -2.27. The van der Waals surface area contributed by atoms with Crippen molar-refractivity contribution in [2.24, 2.45) is 0 Å². The van der Waals surface area contributed by atoms with E-state index in [9.17, 15) is 9.59 Å². The summed E-state index contributed by atoms with van der Waals surface area (Å²) in [6.07, 6.45) is 2.27. The summed E-state index contributed by atoms with van der Waals surface area (Å²) in [5, 5.41) is 5.34. The molecule has 0 aliphatic rings. The molecule has 0 aliphatic heterocycles. The number of anilines is 2. The number of rotatable bonds is 5. The third kappa shape index (κ3) is 6.97. The lowest BCUT2D eigenvalue weighted by Gasteiger charge is -2.20. The van der Waals surface area contributed by atoms with Gasteiger partial charge in [0.1, 0.15) is 17.1 Å². The number of methoxy groups -OCH3 is 1. The Morgan fingerprint density at radius 3 is 2.44 bits per heavy atom. The van der Waals surface area contributed by atoms with Gasteiger partial charge < -0.3 is 19.2 Å². The second kappa shape index (κ2) is 8.94. The summed E-state index contributed by atoms with van der Waals surface area (Å²) in [6.45, 7) is 5.30. The molecule has 2 amide bonds. The lowest BCUT2D eigenvalue weighted by molar-refractivity contribution is -0.111. The molecule has 0 radical (unpaired) electrons. The summed E-state index contributed by atoms with van der Waals surface area (Å²) < 4.78 is 16.5. The van der Waals surface area contributed by atoms with Crippen molar-refractivity contribution < 1.29 is 23.5 Å². The van der Waals surface area contributed by atoms with Crippen LogP contribution in [0.4, 0.5) is 16.2 Å². The minimum absolute atomic E-state index is 0.379. The molecule has 144 valence electrons. The molecule has 0 atom stereocenters. The van der Waals surface area contributed by atoms with Crippen molar-refractivity contribution >= 4 is 52.0 Å². The van der Waals surface area contributed by atoms with Gasteiger partial charge in [-0.25, -0.2) is 4.79 Å². The number of halogens is 1. The fourth-order valence-electron chi connectivity index (χ4n) is 2.03. The van der Waals surface area contributed by atoms with Crippen molar-refractivity contribution in [2.45, 2.75) is 26.4 Å². The Kier molecular flexibility index (Phi) is 6.89. The van der Waals surface area contributed by atoms with Gasteiger partial charge >= 0.3 is 6.09 Å². The number of benzene rings is 1. The Morgan fingerprint density at radius 2 is 1.85 bits per heavy atom. The van der Waals surface area contributed by atoms with Crippen molar-refractivity contribution in [1.29, 1.82) is 0 Å². The SMILES string of the molecule is COc1ccc(NC(=O)OC(C)(C)C)c(NC(=O)C=Cc2ccc(I)o2)c1. The van der Waals surface area contributed by atoms with Gasteiger partial charge in [-0.15, -0.1) is 0 Å². The van der Waals surface area contributed by atoms with Crippen LogP contribution in [-0.2, 0) is 9.53 Å². The monoisotopic (exact) mass is 484 g/mol. The zero-order chi connectivity index (χ0) is 20.0. The van der Waals surface area contributed by atoms with E-state index in [2.05, 4.69) is 10.6 Å². The van der Waals surface area contributed by atoms with Crippen molar-refractivity contribution in [3.8, 4) is 5.75 Å². The molecule has 1 aromatic heterocycles. The van der Waals surface area contributed by atoms with E-state index in [4.69, 9.17) is 13.9 Å². The minimum Gasteiger partial charge on any atom is -0.497 e. The highest BCUT2D eigenvalue weighted by atomic mass is 127. The summed E-state index contributed by atoms with van der Waals surface area (Å²) in [4.78, 5) is 24.3. The Morgan fingerprint density at radius 1 is 1.11 bits per heavy atom. The molecular weight excluding hydrogens is 463 g/mol. The second-order valence-electron chi connectivity index (χ2n) is 6.50. The second-order valence-corrected chi connectivity index (χ2v) is 7.57. The number of ether oxygens (including phenoxy) is 2. The average Bonchev–Trinajstić information content (AvgIpc) is 2.98. The van der Waals surface area contributed by atoms with Gasteiger partial charge in [-0.2, -0.15) is 0 Å². The molecule has 0 aliphatic carbocycles. The van der Waals surface area contributed by atoms with Crippen LogP contribution in [0.1, 0.15) is 26.5 Å². The highest BCUT2D eigenvalue weighted by Gasteiger charge is 2.18. The van der Waals surface area contributed by atoms with Gasteiger partial charge in [0.15, 0.2) is 3.77 Å². The highest BCUT2D eigenvalue weighted by Crippen LogP contribution is 2.28. The van der Waals surface area contributed by atoms with Crippen LogP contribution in [0.15, 0.2) is 40.8 Å². The first-order valence-corrected chi connectivity index (χ1v) is 9.16. The average molecular weight is 484 g/mol. The van der Waals surface area contributed by atoms with Gasteiger partial charge in [0.2, 0.25) is 5.91 Å². The van der Waals surface area contributed by atoms with Gasteiger partial charge in [0.05, 0.1) is 18.5 Å². The van der Waals surface area contributed by atoms with Crippen LogP contribution in [0.25, 0.3) is 6.08 Å². The summed E-state index contributed by atoms with van der Waals surface area (Å²) >= 11 is 2.04. The lowest BCUT2D eigenvalue weighted by atomic mass is 10.2. The third-order valence-corrected chi connectivity index (χ3v) is 3.69. The standard InChI is InChI=1S/C19H21IN2O5/c1-19(2,3)27-18(24)22-14-8-5-13(25-4)11-15(14)21-17(23)10-7-12-6-9-16(20)26-12/h5-11H,1-4H3,(H,21,23)(H,22,24). The molecule has 1 heterocycles. The van der Waals surface area contributed by atoms with Crippen LogP contribution in [-0.4, -0.2) is 24.7 Å². The molecule has 0 saturated carbocycles. The van der Waals surface area contributed by atoms with E-state index in [1.165, 1.54) is 13.2 Å². The number of hydrogen-bond acceptors (Lipinski definition) is 5. The molecule has 0 unspecified atom stereocenters. The van der Waals surface area contributed by atoms with Crippen molar-refractivity contribution in [3.05, 3.63) is 45.9 Å². The maximum Gasteiger partial charge on any atom is 0.412 e. The molecular formula is C19H21IN2O5. The van der Waals surface area contributed by atoms with E-state index in [0.717, 1.165) is 3.77 Å². The molecule has 1 aromatic carbocycles. The van der Waals surface area contributed by atoms with Crippen LogP contribution in [0.3, 0.4) is 0 Å². The smallest absolute Gasteiger partial charge is 0.412 e. The third-order valence-electron chi connectivity index (χ3n) is 3.11. The van der Waals surface area contributed by atoms with E-state index in [-0.39, 0.29) is 5.91 Å². The molecule has 2 rings (SSSR count). The van der Waals surface area contributed by atoms with E-state index in [1.807, 2.05) is 22.6 Å². The zero-order valence-corrected chi connectivity index (χ0v) is 17.6. The number of carbonyl (C=O) groups excluding carboxylic acids is 2. The van der Waals surface area contributed by atoms with Gasteiger partial charge in [0, 0.05) is 12.1 Å². The van der Waals surface area contributed by atoms with Crippen molar-refractivity contribution in [3.63, 3.8) is 0 Å². The van der Waals surface area contributed by atoms with Crippen LogP contribution >= 0.6 is 22.6 Å². The van der Waals surface area contributed by atoms with Gasteiger partial charge in [-0.3, -0.25) is 10.1 Å². The fraction of sp³-hybridized carbons (Fsp3) is 0.263. The number of furan rings is 1. The predicted octanol–water partition coefficient (Wildman–Crippen LogP) is 4.89. The van der Waals surface area contributed by atoms with Crippen LogP contribution in [0.5, 0.6) is 5.75 Å². The minimum atomic E-state index is -0.636. The van der Waals surface area contributed by atoms with Crippen LogP contribution in [0, 0.1) is 3.77 Å². The normalized spacial score (nSPS) is 11.3. The first-order chi connectivity index (χ1) is 12.7. The van der Waals surface area contributed by atoms with E-state index in [0.29, 0.717) is 22.9 Å². The Bertz CT molecular complexity index is 852. The van der Waals surface area contributed by atoms with Gasteiger partial charge in [-0.1, -0.05) is 0 Å². The summed E-state index contributed by atoms with van der Waals surface area (Å²) in [7, 11) is 1.51. The molecule has 7 nitrogen and oxygen atoms in total. The first kappa shape index (κ1) is 20.8. The molecule has 2 N–H and O–H groups in total. The van der Waals surface area contributed by atoms with E-state index >= 15 is 0 Å². The molecule has 8 heteroatoms. The van der Waals surface area contributed by atoms with Crippen molar-refractivity contribution in [1.82, 2.24) is 0 Å². The zero-order valence-electron chi connectivity index (χ0n) is 15.5. The Labute approximate surface area is 171 Å². The first-order valence-electron chi connectivity index (χ1n) is 8.09. The van der Waals surface area contributed by atoms with E-state index < -0.39 is 11.7 Å². The number of carbonyl (C=O) groups is 2. The summed E-state index contributed by atoms with van der Waals surface area (Å²) in [5.41, 5.74) is 0.131. The number of hydrogen-bond donors (Lipinski definition) is 2. The van der Waals surface area contributed by atoms with Gasteiger partial charge in [0.25, 0.3) is 0 Å².